The van der Waals surface area contributed by atoms with Crippen LogP contribution in [-0.4, -0.2) is 51.8 Å². The largest absolute Gasteiger partial charge is 0.379 e. The van der Waals surface area contributed by atoms with E-state index in [0.717, 1.165) is 29.2 Å². The van der Waals surface area contributed by atoms with Crippen LogP contribution < -0.4 is 0 Å². The highest BCUT2D eigenvalue weighted by atomic mass is 32.2. The number of rotatable bonds is 6. The van der Waals surface area contributed by atoms with Crippen LogP contribution in [0, 0.1) is 0 Å². The molecule has 1 aliphatic heterocycles. The van der Waals surface area contributed by atoms with Crippen LogP contribution in [0.3, 0.4) is 0 Å². The van der Waals surface area contributed by atoms with Crippen LogP contribution in [0.15, 0.2) is 40.9 Å². The number of hydrogen-bond acceptors (Lipinski definition) is 5. The van der Waals surface area contributed by atoms with E-state index in [1.807, 2.05) is 36.4 Å². The van der Waals surface area contributed by atoms with Crippen LogP contribution in [0.2, 0.25) is 0 Å². The number of carbonyl (C=O) groups is 1. The molecule has 5 nitrogen and oxygen atoms in total. The van der Waals surface area contributed by atoms with E-state index >= 15 is 0 Å². The van der Waals surface area contributed by atoms with Gasteiger partial charge in [-0.05, 0) is 18.6 Å². The summed E-state index contributed by atoms with van der Waals surface area (Å²) in [5.41, 5.74) is 0.680. The summed E-state index contributed by atoms with van der Waals surface area (Å²) in [6, 6.07) is 11.8. The number of thioether (sulfide) groups is 1. The average molecular weight is 346 g/mol. The SMILES string of the molecule is CN(CCCc1cc(-c2ccccc2)no1)C(=O)C1(O)CCSC1. The van der Waals surface area contributed by atoms with Crippen molar-refractivity contribution in [2.45, 2.75) is 24.9 Å². The van der Waals surface area contributed by atoms with Crippen LogP contribution in [-0.2, 0) is 11.2 Å². The molecule has 128 valence electrons. The van der Waals surface area contributed by atoms with E-state index in [0.29, 0.717) is 25.1 Å². The Bertz CT molecular complexity index is 681. The van der Waals surface area contributed by atoms with Crippen molar-refractivity contribution in [1.82, 2.24) is 10.1 Å². The second-order valence-electron chi connectivity index (χ2n) is 6.21. The Balaban J connectivity index is 1.50. The molecule has 1 saturated heterocycles. The van der Waals surface area contributed by atoms with Gasteiger partial charge in [-0.15, -0.1) is 0 Å². The van der Waals surface area contributed by atoms with Gasteiger partial charge < -0.3 is 14.5 Å². The molecule has 1 aromatic carbocycles. The molecule has 0 bridgehead atoms. The van der Waals surface area contributed by atoms with Gasteiger partial charge in [0.2, 0.25) is 0 Å². The van der Waals surface area contributed by atoms with Crippen LogP contribution in [0.1, 0.15) is 18.6 Å². The number of benzene rings is 1. The summed E-state index contributed by atoms with van der Waals surface area (Å²) in [6.45, 7) is 0.590. The van der Waals surface area contributed by atoms with Crippen molar-refractivity contribution in [3.8, 4) is 11.3 Å². The molecule has 1 aliphatic rings. The number of hydrogen-bond donors (Lipinski definition) is 1. The van der Waals surface area contributed by atoms with Gasteiger partial charge in [0.1, 0.15) is 11.5 Å². The summed E-state index contributed by atoms with van der Waals surface area (Å²) >= 11 is 1.63. The summed E-state index contributed by atoms with van der Waals surface area (Å²) in [5, 5.41) is 14.4. The van der Waals surface area contributed by atoms with Gasteiger partial charge in [-0.3, -0.25) is 4.79 Å². The minimum absolute atomic E-state index is 0.171. The molecule has 24 heavy (non-hydrogen) atoms. The van der Waals surface area contributed by atoms with E-state index in [1.165, 1.54) is 0 Å². The van der Waals surface area contributed by atoms with Crippen molar-refractivity contribution in [1.29, 1.82) is 0 Å². The Hall–Kier alpha value is -1.79. The molecule has 3 rings (SSSR count). The quantitative estimate of drug-likeness (QED) is 0.871. The van der Waals surface area contributed by atoms with Crippen LogP contribution in [0.4, 0.5) is 0 Å². The Morgan fingerprint density at radius 2 is 2.21 bits per heavy atom. The molecule has 0 spiro atoms. The van der Waals surface area contributed by atoms with Gasteiger partial charge in [-0.1, -0.05) is 35.5 Å². The summed E-state index contributed by atoms with van der Waals surface area (Å²) in [7, 11) is 1.75. The van der Waals surface area contributed by atoms with Gasteiger partial charge in [0.15, 0.2) is 5.60 Å². The maximum atomic E-state index is 12.3. The fourth-order valence-electron chi connectivity index (χ4n) is 2.85. The lowest BCUT2D eigenvalue weighted by Crippen LogP contribution is -2.48. The van der Waals surface area contributed by atoms with Crippen LogP contribution >= 0.6 is 11.8 Å². The fraction of sp³-hybridized carbons (Fsp3) is 0.444. The van der Waals surface area contributed by atoms with Gasteiger partial charge in [0.25, 0.3) is 5.91 Å². The Morgan fingerprint density at radius 1 is 1.42 bits per heavy atom. The zero-order chi connectivity index (χ0) is 17.0. The first kappa shape index (κ1) is 17.0. The number of nitrogens with zero attached hydrogens (tertiary/aromatic N) is 2. The third kappa shape index (κ3) is 3.82. The van der Waals surface area contributed by atoms with Gasteiger partial charge in [0.05, 0.1) is 0 Å². The average Bonchev–Trinajstić information content (AvgIpc) is 3.25. The van der Waals surface area contributed by atoms with Crippen LogP contribution in [0.5, 0.6) is 0 Å². The second kappa shape index (κ2) is 7.40. The molecule has 0 saturated carbocycles. The zero-order valence-corrected chi connectivity index (χ0v) is 14.6. The molecule has 1 atom stereocenters. The van der Waals surface area contributed by atoms with Gasteiger partial charge in [-0.2, -0.15) is 11.8 Å². The number of carbonyl (C=O) groups excluding carboxylic acids is 1. The number of amides is 1. The van der Waals surface area contributed by atoms with Crippen molar-refractivity contribution in [2.75, 3.05) is 25.1 Å². The summed E-state index contributed by atoms with van der Waals surface area (Å²) in [4.78, 5) is 14.0. The predicted molar refractivity (Wildman–Crippen MR) is 94.8 cm³/mol. The Kier molecular flexibility index (Phi) is 5.26. The molecule has 1 aromatic heterocycles. The predicted octanol–water partition coefficient (Wildman–Crippen LogP) is 2.60. The molecular weight excluding hydrogens is 324 g/mol. The number of aromatic nitrogens is 1. The normalized spacial score (nSPS) is 20.2. The lowest BCUT2D eigenvalue weighted by molar-refractivity contribution is -0.147. The maximum absolute atomic E-state index is 12.3. The standard InChI is InChI=1S/C18H22N2O3S/c1-20(17(21)18(22)9-11-24-13-18)10-5-8-15-12-16(19-23-15)14-6-3-2-4-7-14/h2-4,6-7,12,22H,5,8-11,13H2,1H3. The van der Waals surface area contributed by atoms with E-state index in [4.69, 9.17) is 4.52 Å². The smallest absolute Gasteiger partial charge is 0.255 e. The number of likely N-dealkylation sites (N-methyl/N-ethyl adjacent to an activating group) is 1. The van der Waals surface area contributed by atoms with Crippen molar-refractivity contribution in [3.05, 3.63) is 42.2 Å². The van der Waals surface area contributed by atoms with Gasteiger partial charge in [0, 0.05) is 37.4 Å². The molecule has 1 unspecified atom stereocenters. The molecule has 1 fully saturated rings. The third-order valence-electron chi connectivity index (χ3n) is 4.29. The van der Waals surface area contributed by atoms with E-state index in [2.05, 4.69) is 5.16 Å². The van der Waals surface area contributed by atoms with Crippen molar-refractivity contribution in [3.63, 3.8) is 0 Å². The van der Waals surface area contributed by atoms with E-state index in [9.17, 15) is 9.90 Å². The Morgan fingerprint density at radius 3 is 2.92 bits per heavy atom. The molecule has 0 radical (unpaired) electrons. The minimum atomic E-state index is -1.17. The molecule has 2 aromatic rings. The number of aliphatic hydroxyl groups is 1. The van der Waals surface area contributed by atoms with E-state index in [1.54, 1.807) is 23.7 Å². The molecule has 6 heteroatoms. The lowest BCUT2D eigenvalue weighted by Gasteiger charge is -2.27. The van der Waals surface area contributed by atoms with E-state index < -0.39 is 5.60 Å². The number of aryl methyl sites for hydroxylation is 1. The van der Waals surface area contributed by atoms with Crippen molar-refractivity contribution >= 4 is 17.7 Å². The fourth-order valence-corrected chi connectivity index (χ4v) is 4.08. The van der Waals surface area contributed by atoms with Crippen LogP contribution in [0.25, 0.3) is 11.3 Å². The monoisotopic (exact) mass is 346 g/mol. The Labute approximate surface area is 146 Å². The second-order valence-corrected chi connectivity index (χ2v) is 7.31. The topological polar surface area (TPSA) is 66.6 Å². The summed E-state index contributed by atoms with van der Waals surface area (Å²) in [5.74, 6) is 1.98. The molecule has 2 heterocycles. The highest BCUT2D eigenvalue weighted by Gasteiger charge is 2.41. The molecule has 0 aliphatic carbocycles. The van der Waals surface area contributed by atoms with E-state index in [-0.39, 0.29) is 5.91 Å². The molecule has 1 amide bonds. The molecule has 1 N–H and O–H groups in total. The van der Waals surface area contributed by atoms with Crippen molar-refractivity contribution in [2.24, 2.45) is 0 Å². The summed E-state index contributed by atoms with van der Waals surface area (Å²) in [6.07, 6.45) is 2.03. The first-order chi connectivity index (χ1) is 11.6. The first-order valence-electron chi connectivity index (χ1n) is 8.15. The van der Waals surface area contributed by atoms with Gasteiger partial charge in [-0.25, -0.2) is 0 Å². The lowest BCUT2D eigenvalue weighted by atomic mass is 10.0. The maximum Gasteiger partial charge on any atom is 0.255 e. The molecular formula is C18H22N2O3S. The summed E-state index contributed by atoms with van der Waals surface area (Å²) < 4.78 is 5.37. The first-order valence-corrected chi connectivity index (χ1v) is 9.31. The minimum Gasteiger partial charge on any atom is -0.379 e. The third-order valence-corrected chi connectivity index (χ3v) is 5.47. The highest BCUT2D eigenvalue weighted by Crippen LogP contribution is 2.29. The van der Waals surface area contributed by atoms with Crippen molar-refractivity contribution < 1.29 is 14.4 Å². The zero-order valence-electron chi connectivity index (χ0n) is 13.8. The highest BCUT2D eigenvalue weighted by molar-refractivity contribution is 7.99. The van der Waals surface area contributed by atoms with Gasteiger partial charge >= 0.3 is 0 Å².